The van der Waals surface area contributed by atoms with Crippen molar-refractivity contribution in [2.75, 3.05) is 0 Å². The van der Waals surface area contributed by atoms with Crippen molar-refractivity contribution in [3.8, 4) is 5.69 Å². The van der Waals surface area contributed by atoms with Gasteiger partial charge in [0.1, 0.15) is 6.33 Å². The summed E-state index contributed by atoms with van der Waals surface area (Å²) in [5, 5.41) is 11.0. The molecule has 0 unspecified atom stereocenters. The van der Waals surface area contributed by atoms with E-state index in [1.54, 1.807) is 11.0 Å². The minimum Gasteiger partial charge on any atom is -0.326 e. The second-order valence-corrected chi connectivity index (χ2v) is 3.07. The highest BCUT2D eigenvalue weighted by atomic mass is 15.5. The quantitative estimate of drug-likeness (QED) is 0.743. The Morgan fingerprint density at radius 3 is 2.86 bits per heavy atom. The Labute approximate surface area is 81.5 Å². The zero-order valence-corrected chi connectivity index (χ0v) is 7.88. The highest BCUT2D eigenvalue weighted by Crippen LogP contribution is 2.12. The summed E-state index contributed by atoms with van der Waals surface area (Å²) in [4.78, 5) is 0. The van der Waals surface area contributed by atoms with Crippen LogP contribution in [0.3, 0.4) is 0 Å². The number of nitrogens with two attached hydrogens (primary N) is 1. The molecule has 0 atom stereocenters. The molecule has 72 valence electrons. The van der Waals surface area contributed by atoms with Crippen LogP contribution in [0.2, 0.25) is 0 Å². The van der Waals surface area contributed by atoms with Crippen LogP contribution in [0.25, 0.3) is 5.69 Å². The zero-order valence-electron chi connectivity index (χ0n) is 7.88. The van der Waals surface area contributed by atoms with Gasteiger partial charge in [0, 0.05) is 6.54 Å². The first-order valence-electron chi connectivity index (χ1n) is 4.34. The van der Waals surface area contributed by atoms with Gasteiger partial charge in [-0.2, -0.15) is 0 Å². The van der Waals surface area contributed by atoms with Crippen molar-refractivity contribution in [1.29, 1.82) is 0 Å². The van der Waals surface area contributed by atoms with Crippen molar-refractivity contribution < 1.29 is 0 Å². The molecular formula is C9H11N5. The lowest BCUT2D eigenvalue weighted by Gasteiger charge is -2.05. The minimum absolute atomic E-state index is 0.557. The molecule has 14 heavy (non-hydrogen) atoms. The lowest BCUT2D eigenvalue weighted by molar-refractivity contribution is 0.787. The van der Waals surface area contributed by atoms with Gasteiger partial charge >= 0.3 is 0 Å². The van der Waals surface area contributed by atoms with E-state index in [0.29, 0.717) is 6.54 Å². The summed E-state index contributed by atoms with van der Waals surface area (Å²) in [6.07, 6.45) is 1.57. The van der Waals surface area contributed by atoms with Gasteiger partial charge in [-0.05, 0) is 40.6 Å². The van der Waals surface area contributed by atoms with Crippen molar-refractivity contribution in [2.45, 2.75) is 13.5 Å². The molecular weight excluding hydrogens is 178 g/mol. The Morgan fingerprint density at radius 1 is 1.43 bits per heavy atom. The van der Waals surface area contributed by atoms with Crippen molar-refractivity contribution >= 4 is 0 Å². The van der Waals surface area contributed by atoms with Crippen molar-refractivity contribution in [1.82, 2.24) is 20.2 Å². The van der Waals surface area contributed by atoms with Gasteiger partial charge in [-0.15, -0.1) is 5.10 Å². The molecule has 0 saturated heterocycles. The molecule has 1 aromatic carbocycles. The summed E-state index contributed by atoms with van der Waals surface area (Å²) in [6.45, 7) is 2.58. The van der Waals surface area contributed by atoms with E-state index in [1.807, 2.05) is 25.1 Å². The summed E-state index contributed by atoms with van der Waals surface area (Å²) >= 11 is 0. The van der Waals surface area contributed by atoms with Gasteiger partial charge in [0.15, 0.2) is 0 Å². The fourth-order valence-corrected chi connectivity index (χ4v) is 1.33. The minimum atomic E-state index is 0.557. The third kappa shape index (κ3) is 1.49. The smallest absolute Gasteiger partial charge is 0.143 e. The first-order valence-corrected chi connectivity index (χ1v) is 4.34. The number of benzene rings is 1. The monoisotopic (exact) mass is 189 g/mol. The van der Waals surface area contributed by atoms with Crippen LogP contribution in [0.15, 0.2) is 24.5 Å². The fraction of sp³-hybridized carbons (Fsp3) is 0.222. The molecule has 0 fully saturated rings. The predicted molar refractivity (Wildman–Crippen MR) is 51.8 cm³/mol. The number of aromatic nitrogens is 4. The molecule has 0 bridgehead atoms. The molecule has 2 N–H and O–H groups in total. The topological polar surface area (TPSA) is 69.6 Å². The molecule has 0 aliphatic heterocycles. The van der Waals surface area contributed by atoms with E-state index >= 15 is 0 Å². The normalized spacial score (nSPS) is 10.4. The fourth-order valence-electron chi connectivity index (χ4n) is 1.33. The lowest BCUT2D eigenvalue weighted by atomic mass is 10.1. The highest BCUT2D eigenvalue weighted by Gasteiger charge is 2.00. The first-order chi connectivity index (χ1) is 6.81. The lowest BCUT2D eigenvalue weighted by Crippen LogP contribution is -2.01. The number of nitrogens with zero attached hydrogens (tertiary/aromatic N) is 4. The molecule has 2 aromatic rings. The standard InChI is InChI=1S/C9H11N5/c1-7-4-9(3-2-8(7)5-10)14-6-11-12-13-14/h2-4,6H,5,10H2,1H3. The van der Waals surface area contributed by atoms with Crippen LogP contribution < -0.4 is 5.73 Å². The third-order valence-corrected chi connectivity index (χ3v) is 2.16. The molecule has 1 heterocycles. The predicted octanol–water partition coefficient (Wildman–Crippen LogP) is 0.429. The Kier molecular flexibility index (Phi) is 2.24. The highest BCUT2D eigenvalue weighted by molar-refractivity contribution is 5.38. The summed E-state index contributed by atoms with van der Waals surface area (Å²) in [5.74, 6) is 0. The van der Waals surface area contributed by atoms with Gasteiger partial charge in [0.05, 0.1) is 5.69 Å². The van der Waals surface area contributed by atoms with Crippen LogP contribution >= 0.6 is 0 Å². The second kappa shape index (κ2) is 3.55. The van der Waals surface area contributed by atoms with E-state index in [1.165, 1.54) is 0 Å². The average Bonchev–Trinajstić information content (AvgIpc) is 2.70. The molecule has 5 heteroatoms. The van der Waals surface area contributed by atoms with Crippen molar-refractivity contribution in [3.05, 3.63) is 35.7 Å². The molecule has 0 spiro atoms. The zero-order chi connectivity index (χ0) is 9.97. The maximum absolute atomic E-state index is 5.57. The summed E-state index contributed by atoms with van der Waals surface area (Å²) in [7, 11) is 0. The molecule has 0 radical (unpaired) electrons. The van der Waals surface area contributed by atoms with E-state index < -0.39 is 0 Å². The Bertz CT molecular complexity index is 421. The number of hydrogen-bond acceptors (Lipinski definition) is 4. The number of hydrogen-bond donors (Lipinski definition) is 1. The second-order valence-electron chi connectivity index (χ2n) is 3.07. The van der Waals surface area contributed by atoms with E-state index in [2.05, 4.69) is 15.5 Å². The maximum Gasteiger partial charge on any atom is 0.143 e. The largest absolute Gasteiger partial charge is 0.326 e. The molecule has 2 rings (SSSR count). The van der Waals surface area contributed by atoms with Crippen LogP contribution in [0.4, 0.5) is 0 Å². The van der Waals surface area contributed by atoms with Crippen LogP contribution in [-0.4, -0.2) is 20.2 Å². The van der Waals surface area contributed by atoms with Crippen molar-refractivity contribution in [2.24, 2.45) is 5.73 Å². The van der Waals surface area contributed by atoms with Crippen LogP contribution in [0.1, 0.15) is 11.1 Å². The Morgan fingerprint density at radius 2 is 2.29 bits per heavy atom. The van der Waals surface area contributed by atoms with Gasteiger partial charge < -0.3 is 5.73 Å². The molecule has 1 aromatic heterocycles. The third-order valence-electron chi connectivity index (χ3n) is 2.16. The van der Waals surface area contributed by atoms with E-state index in [-0.39, 0.29) is 0 Å². The van der Waals surface area contributed by atoms with E-state index in [4.69, 9.17) is 5.73 Å². The molecule has 0 saturated carbocycles. The van der Waals surface area contributed by atoms with Gasteiger partial charge in [-0.25, -0.2) is 4.68 Å². The van der Waals surface area contributed by atoms with Gasteiger partial charge in [-0.1, -0.05) is 6.07 Å². The first kappa shape index (κ1) is 8.83. The number of tetrazole rings is 1. The molecule has 5 nitrogen and oxygen atoms in total. The molecule has 0 amide bonds. The molecule has 0 aliphatic carbocycles. The molecule has 0 aliphatic rings. The number of aryl methyl sites for hydroxylation is 1. The Hall–Kier alpha value is -1.75. The van der Waals surface area contributed by atoms with E-state index in [9.17, 15) is 0 Å². The summed E-state index contributed by atoms with van der Waals surface area (Å²) < 4.78 is 1.62. The van der Waals surface area contributed by atoms with Gasteiger partial charge in [0.2, 0.25) is 0 Å². The van der Waals surface area contributed by atoms with Crippen LogP contribution in [0, 0.1) is 6.92 Å². The summed E-state index contributed by atoms with van der Waals surface area (Å²) in [6, 6.07) is 5.95. The van der Waals surface area contributed by atoms with Crippen molar-refractivity contribution in [3.63, 3.8) is 0 Å². The van der Waals surface area contributed by atoms with Crippen LogP contribution in [-0.2, 0) is 6.54 Å². The maximum atomic E-state index is 5.57. The Balaban J connectivity index is 2.43. The SMILES string of the molecule is Cc1cc(-n2cnnn2)ccc1CN. The average molecular weight is 189 g/mol. The van der Waals surface area contributed by atoms with E-state index in [0.717, 1.165) is 16.8 Å². The van der Waals surface area contributed by atoms with Crippen LogP contribution in [0.5, 0.6) is 0 Å². The van der Waals surface area contributed by atoms with Gasteiger partial charge in [-0.3, -0.25) is 0 Å². The summed E-state index contributed by atoms with van der Waals surface area (Å²) in [5.41, 5.74) is 8.81. The van der Waals surface area contributed by atoms with Gasteiger partial charge in [0.25, 0.3) is 0 Å². The number of rotatable bonds is 2.